The minimum Gasteiger partial charge on any atom is -0.467 e. The molecule has 2 rings (SSSR count). The molecule has 1 heterocycles. The zero-order chi connectivity index (χ0) is 10.8. The van der Waals surface area contributed by atoms with Gasteiger partial charge in [-0.3, -0.25) is 5.32 Å². The van der Waals surface area contributed by atoms with E-state index in [0.717, 1.165) is 13.1 Å². The number of hydrogen-bond acceptors (Lipinski definition) is 4. The molecule has 15 heavy (non-hydrogen) atoms. The third-order valence-electron chi connectivity index (χ3n) is 3.26. The van der Waals surface area contributed by atoms with E-state index in [1.165, 1.54) is 25.6 Å². The van der Waals surface area contributed by atoms with Gasteiger partial charge < -0.3 is 9.64 Å². The number of esters is 1. The van der Waals surface area contributed by atoms with Crippen LogP contribution in [0.5, 0.6) is 0 Å². The molecule has 0 amide bonds. The fourth-order valence-corrected chi connectivity index (χ4v) is 2.34. The van der Waals surface area contributed by atoms with Crippen LogP contribution in [0.2, 0.25) is 0 Å². The van der Waals surface area contributed by atoms with Gasteiger partial charge in [-0.05, 0) is 26.2 Å². The first-order valence-electron chi connectivity index (χ1n) is 5.52. The highest BCUT2D eigenvalue weighted by Crippen LogP contribution is 2.27. The Morgan fingerprint density at radius 2 is 2.53 bits per heavy atom. The van der Waals surface area contributed by atoms with E-state index in [1.807, 2.05) is 6.92 Å². The highest BCUT2D eigenvalue weighted by Gasteiger charge is 2.34. The van der Waals surface area contributed by atoms with Crippen molar-refractivity contribution in [1.82, 2.24) is 10.2 Å². The predicted octanol–water partition coefficient (Wildman–Crippen LogP) is 0.847. The number of carbonyl (C=O) groups is 1. The van der Waals surface area contributed by atoms with E-state index in [1.54, 1.807) is 0 Å². The van der Waals surface area contributed by atoms with E-state index in [0.29, 0.717) is 6.04 Å². The lowest BCUT2D eigenvalue weighted by molar-refractivity contribution is -0.145. The molecule has 0 bridgehead atoms. The molecule has 0 radical (unpaired) electrons. The van der Waals surface area contributed by atoms with Crippen molar-refractivity contribution >= 4 is 5.97 Å². The summed E-state index contributed by atoms with van der Waals surface area (Å²) in [7, 11) is 1.44. The second kappa shape index (κ2) is 4.23. The molecule has 1 N–H and O–H groups in total. The first kappa shape index (κ1) is 10.5. The molecule has 0 aromatic carbocycles. The van der Waals surface area contributed by atoms with E-state index < -0.39 is 0 Å². The van der Waals surface area contributed by atoms with Crippen molar-refractivity contribution in [3.63, 3.8) is 0 Å². The van der Waals surface area contributed by atoms with Gasteiger partial charge in [-0.2, -0.15) is 0 Å². The molecule has 0 aromatic heterocycles. The van der Waals surface area contributed by atoms with Gasteiger partial charge in [0.25, 0.3) is 0 Å². The Morgan fingerprint density at radius 1 is 1.73 bits per heavy atom. The predicted molar refractivity (Wildman–Crippen MR) is 57.0 cm³/mol. The third kappa shape index (κ3) is 1.86. The molecule has 4 nitrogen and oxygen atoms in total. The number of fused-ring (bicyclic) bond motifs is 1. The van der Waals surface area contributed by atoms with Gasteiger partial charge in [-0.25, -0.2) is 4.79 Å². The minimum absolute atomic E-state index is 0.163. The molecular formula is C11H18N2O2. The summed E-state index contributed by atoms with van der Waals surface area (Å²) in [5.74, 6) is -0.163. The van der Waals surface area contributed by atoms with Crippen LogP contribution in [0.25, 0.3) is 0 Å². The molecule has 2 aliphatic rings. The molecule has 1 aliphatic carbocycles. The fraction of sp³-hybridized carbons (Fsp3) is 0.727. The zero-order valence-electron chi connectivity index (χ0n) is 9.32. The monoisotopic (exact) mass is 210 g/mol. The number of carbonyl (C=O) groups excluding carboxylic acids is 1. The van der Waals surface area contributed by atoms with Crippen molar-refractivity contribution in [2.24, 2.45) is 0 Å². The molecule has 2 atom stereocenters. The highest BCUT2D eigenvalue weighted by molar-refractivity contribution is 5.75. The number of methoxy groups -OCH3 is 1. The van der Waals surface area contributed by atoms with Crippen LogP contribution >= 0.6 is 0 Å². The summed E-state index contributed by atoms with van der Waals surface area (Å²) in [6, 6.07) is 0.266. The van der Waals surface area contributed by atoms with Gasteiger partial charge in [-0.15, -0.1) is 0 Å². The van der Waals surface area contributed by atoms with Gasteiger partial charge in [-0.1, -0.05) is 6.08 Å². The molecule has 2 unspecified atom stereocenters. The van der Waals surface area contributed by atoms with Gasteiger partial charge in [0.2, 0.25) is 0 Å². The summed E-state index contributed by atoms with van der Waals surface area (Å²) >= 11 is 0. The van der Waals surface area contributed by atoms with Gasteiger partial charge in [0.15, 0.2) is 0 Å². The molecule has 4 heteroatoms. The SMILES string of the molecule is COC(=O)C(C)N1CNC2CCCC=C21. The number of ether oxygens (including phenoxy) is 1. The maximum Gasteiger partial charge on any atom is 0.328 e. The maximum absolute atomic E-state index is 11.5. The molecular weight excluding hydrogens is 192 g/mol. The summed E-state index contributed by atoms with van der Waals surface area (Å²) in [4.78, 5) is 13.6. The first-order valence-corrected chi connectivity index (χ1v) is 5.52. The van der Waals surface area contributed by atoms with Gasteiger partial charge in [0.05, 0.1) is 13.8 Å². The van der Waals surface area contributed by atoms with Crippen LogP contribution in [0, 0.1) is 0 Å². The number of nitrogens with zero attached hydrogens (tertiary/aromatic N) is 1. The average Bonchev–Trinajstić information content (AvgIpc) is 2.70. The van der Waals surface area contributed by atoms with E-state index in [4.69, 9.17) is 4.74 Å². The smallest absolute Gasteiger partial charge is 0.328 e. The summed E-state index contributed by atoms with van der Waals surface area (Å²) < 4.78 is 4.77. The molecule has 84 valence electrons. The Hall–Kier alpha value is -1.03. The molecule has 1 fully saturated rings. The minimum atomic E-state index is -0.183. The number of nitrogens with one attached hydrogen (secondary N) is 1. The maximum atomic E-state index is 11.5. The van der Waals surface area contributed by atoms with Crippen LogP contribution in [0.15, 0.2) is 11.8 Å². The van der Waals surface area contributed by atoms with Crippen LogP contribution in [0.3, 0.4) is 0 Å². The van der Waals surface area contributed by atoms with Crippen molar-refractivity contribution in [3.8, 4) is 0 Å². The normalized spacial score (nSPS) is 26.9. The Kier molecular flexibility index (Phi) is 2.95. The van der Waals surface area contributed by atoms with Crippen LogP contribution in [-0.2, 0) is 9.53 Å². The first-order chi connectivity index (χ1) is 7.24. The van der Waals surface area contributed by atoms with Crippen molar-refractivity contribution in [2.45, 2.75) is 38.3 Å². The number of allylic oxidation sites excluding steroid dienone is 1. The van der Waals surface area contributed by atoms with Crippen LogP contribution in [0.4, 0.5) is 0 Å². The fourth-order valence-electron chi connectivity index (χ4n) is 2.34. The Morgan fingerprint density at radius 3 is 3.27 bits per heavy atom. The van der Waals surface area contributed by atoms with E-state index in [2.05, 4.69) is 16.3 Å². The van der Waals surface area contributed by atoms with Gasteiger partial charge in [0, 0.05) is 11.7 Å². The quantitative estimate of drug-likeness (QED) is 0.686. The number of rotatable bonds is 2. The van der Waals surface area contributed by atoms with E-state index >= 15 is 0 Å². The van der Waals surface area contributed by atoms with Crippen molar-refractivity contribution in [1.29, 1.82) is 0 Å². The Bertz CT molecular complexity index is 288. The number of hydrogen-bond donors (Lipinski definition) is 1. The average molecular weight is 210 g/mol. The third-order valence-corrected chi connectivity index (χ3v) is 3.26. The van der Waals surface area contributed by atoms with Crippen LogP contribution in [0.1, 0.15) is 26.2 Å². The van der Waals surface area contributed by atoms with Crippen molar-refractivity contribution in [2.75, 3.05) is 13.8 Å². The van der Waals surface area contributed by atoms with E-state index in [-0.39, 0.29) is 12.0 Å². The lowest BCUT2D eigenvalue weighted by Crippen LogP contribution is -2.38. The zero-order valence-corrected chi connectivity index (χ0v) is 9.32. The molecule has 0 aromatic rings. The van der Waals surface area contributed by atoms with Gasteiger partial charge >= 0.3 is 5.97 Å². The van der Waals surface area contributed by atoms with Crippen molar-refractivity contribution < 1.29 is 9.53 Å². The summed E-state index contributed by atoms with van der Waals surface area (Å²) in [6.07, 6.45) is 5.78. The molecule has 0 saturated carbocycles. The lowest BCUT2D eigenvalue weighted by atomic mass is 9.99. The molecule has 1 saturated heterocycles. The van der Waals surface area contributed by atoms with E-state index in [9.17, 15) is 4.79 Å². The standard InChI is InChI=1S/C11H18N2O2/c1-8(11(14)15-2)13-7-12-9-5-3-4-6-10(9)13/h6,8-9,12H,3-5,7H2,1-2H3. The largest absolute Gasteiger partial charge is 0.467 e. The highest BCUT2D eigenvalue weighted by atomic mass is 16.5. The topological polar surface area (TPSA) is 41.6 Å². The van der Waals surface area contributed by atoms with Crippen LogP contribution in [-0.4, -0.2) is 36.7 Å². The summed E-state index contributed by atoms with van der Waals surface area (Å²) in [5.41, 5.74) is 1.28. The Balaban J connectivity index is 2.10. The lowest BCUT2D eigenvalue weighted by Gasteiger charge is -2.27. The summed E-state index contributed by atoms with van der Waals surface area (Å²) in [5, 5.41) is 3.42. The second-order valence-corrected chi connectivity index (χ2v) is 4.14. The molecule has 1 aliphatic heterocycles. The van der Waals surface area contributed by atoms with Crippen molar-refractivity contribution in [3.05, 3.63) is 11.8 Å². The summed E-state index contributed by atoms with van der Waals surface area (Å²) in [6.45, 7) is 2.65. The second-order valence-electron chi connectivity index (χ2n) is 4.14. The molecule has 0 spiro atoms. The Labute approximate surface area is 90.3 Å². The van der Waals surface area contributed by atoms with Gasteiger partial charge in [0.1, 0.15) is 6.04 Å². The van der Waals surface area contributed by atoms with Crippen LogP contribution < -0.4 is 5.32 Å².